The number of alkyl halides is 2. The number of hydrogen-bond donors (Lipinski definition) is 0. The topological polar surface area (TPSA) is 70.8 Å². The second kappa shape index (κ2) is 8.52. The lowest BCUT2D eigenvalue weighted by Crippen LogP contribution is -2.15. The van der Waals surface area contributed by atoms with Gasteiger partial charge in [-0.25, -0.2) is 4.79 Å². The Morgan fingerprint density at radius 2 is 1.90 bits per heavy atom. The van der Waals surface area contributed by atoms with Gasteiger partial charge in [0.25, 0.3) is 5.76 Å². The number of fused-ring (bicyclic) bond motifs is 1. The molecular weight excluding hydrogens is 404 g/mol. The van der Waals surface area contributed by atoms with Crippen molar-refractivity contribution in [3.05, 3.63) is 59.8 Å². The highest BCUT2D eigenvalue weighted by molar-refractivity contribution is 7.99. The first-order chi connectivity index (χ1) is 14.1. The maximum atomic E-state index is 12.7. The molecule has 4 rings (SSSR count). The van der Waals surface area contributed by atoms with Gasteiger partial charge in [0.2, 0.25) is 0 Å². The number of rotatable bonds is 6. The number of esters is 1. The summed E-state index contributed by atoms with van der Waals surface area (Å²) in [6.45, 7) is 0.822. The quantitative estimate of drug-likeness (QED) is 0.420. The Hall–Kier alpha value is -3.07. The molecule has 2 aromatic carbocycles. The minimum atomic E-state index is -2.63. The maximum absolute atomic E-state index is 12.7. The van der Waals surface area contributed by atoms with Crippen molar-refractivity contribution >= 4 is 17.7 Å². The molecule has 0 aliphatic carbocycles. The summed E-state index contributed by atoms with van der Waals surface area (Å²) in [4.78, 5) is 12.4. The van der Waals surface area contributed by atoms with Crippen molar-refractivity contribution in [2.75, 3.05) is 13.2 Å². The van der Waals surface area contributed by atoms with Crippen molar-refractivity contribution in [2.24, 2.45) is 0 Å². The highest BCUT2D eigenvalue weighted by atomic mass is 32.2. The molecule has 9 heteroatoms. The van der Waals surface area contributed by atoms with E-state index in [1.165, 1.54) is 12.1 Å². The zero-order valence-corrected chi connectivity index (χ0v) is 15.8. The smallest absolute Gasteiger partial charge is 0.339 e. The molecule has 0 spiro atoms. The van der Waals surface area contributed by atoms with Crippen LogP contribution in [0.2, 0.25) is 0 Å². The van der Waals surface area contributed by atoms with Gasteiger partial charge in [-0.15, -0.1) is 0 Å². The van der Waals surface area contributed by atoms with Crippen LogP contribution < -0.4 is 9.47 Å². The van der Waals surface area contributed by atoms with Crippen molar-refractivity contribution in [1.29, 1.82) is 0 Å². The number of hydrogen-bond acceptors (Lipinski definition) is 7. The zero-order valence-electron chi connectivity index (χ0n) is 15.0. The van der Waals surface area contributed by atoms with Crippen molar-refractivity contribution in [1.82, 2.24) is 5.16 Å². The Morgan fingerprint density at radius 3 is 2.72 bits per heavy atom. The van der Waals surface area contributed by atoms with Crippen LogP contribution >= 0.6 is 11.8 Å². The molecule has 0 saturated heterocycles. The van der Waals surface area contributed by atoms with E-state index in [-0.39, 0.29) is 17.1 Å². The van der Waals surface area contributed by atoms with Gasteiger partial charge in [0.1, 0.15) is 25.5 Å². The van der Waals surface area contributed by atoms with Gasteiger partial charge in [-0.3, -0.25) is 0 Å². The molecule has 0 bridgehead atoms. The third-order valence-corrected chi connectivity index (χ3v) is 4.85. The van der Waals surface area contributed by atoms with Crippen LogP contribution in [0.15, 0.2) is 57.9 Å². The summed E-state index contributed by atoms with van der Waals surface area (Å²) in [5.74, 6) is -1.59. The van der Waals surface area contributed by atoms with E-state index >= 15 is 0 Å². The molecule has 3 aromatic rings. The molecule has 0 amide bonds. The average Bonchev–Trinajstić information content (AvgIpc) is 3.21. The molecule has 29 heavy (non-hydrogen) atoms. The highest BCUT2D eigenvalue weighted by Gasteiger charge is 2.18. The molecule has 0 fully saturated rings. The molecular formula is C20H15F2NO5S. The molecule has 1 aromatic heterocycles. The summed E-state index contributed by atoms with van der Waals surface area (Å²) in [5.41, 5.74) is 1.20. The fraction of sp³-hybridized carbons (Fsp3) is 0.200. The van der Waals surface area contributed by atoms with Crippen molar-refractivity contribution in [3.8, 4) is 22.8 Å². The lowest BCUT2D eigenvalue weighted by Gasteiger charge is -2.18. The summed E-state index contributed by atoms with van der Waals surface area (Å²) in [5, 5.41) is 3.89. The molecule has 2 heterocycles. The molecule has 0 saturated carbocycles. The summed E-state index contributed by atoms with van der Waals surface area (Å²) < 4.78 is 46.9. The number of carbonyl (C=O) groups is 1. The second-order valence-electron chi connectivity index (χ2n) is 5.99. The SMILES string of the molecule is O=C(OCc1cc(-c2ccc3c(c2)OCCO3)on1)c1ccccc1SC(F)F. The first kappa shape index (κ1) is 19.3. The molecule has 0 unspecified atom stereocenters. The van der Waals surface area contributed by atoms with Crippen LogP contribution in [-0.2, 0) is 11.3 Å². The zero-order chi connectivity index (χ0) is 20.2. The molecule has 1 aliphatic heterocycles. The van der Waals surface area contributed by atoms with Gasteiger partial charge in [0.05, 0.1) is 5.56 Å². The largest absolute Gasteiger partial charge is 0.486 e. The normalized spacial score (nSPS) is 12.8. The third-order valence-electron chi connectivity index (χ3n) is 4.06. The average molecular weight is 419 g/mol. The monoisotopic (exact) mass is 419 g/mol. The van der Waals surface area contributed by atoms with E-state index in [1.807, 2.05) is 6.07 Å². The number of halogens is 2. The van der Waals surface area contributed by atoms with Gasteiger partial charge >= 0.3 is 5.97 Å². The second-order valence-corrected chi connectivity index (χ2v) is 7.02. The van der Waals surface area contributed by atoms with E-state index < -0.39 is 11.7 Å². The van der Waals surface area contributed by atoms with E-state index in [2.05, 4.69) is 5.16 Å². The molecule has 0 atom stereocenters. The van der Waals surface area contributed by atoms with Crippen molar-refractivity contribution in [2.45, 2.75) is 17.3 Å². The third kappa shape index (κ3) is 4.51. The predicted octanol–water partition coefficient (Wildman–Crippen LogP) is 4.78. The van der Waals surface area contributed by atoms with Crippen LogP contribution in [0.25, 0.3) is 11.3 Å². The van der Waals surface area contributed by atoms with Crippen molar-refractivity contribution < 1.29 is 32.3 Å². The van der Waals surface area contributed by atoms with Gasteiger partial charge in [-0.2, -0.15) is 8.78 Å². The van der Waals surface area contributed by atoms with Gasteiger partial charge in [0.15, 0.2) is 17.3 Å². The number of ether oxygens (including phenoxy) is 3. The lowest BCUT2D eigenvalue weighted by atomic mass is 10.1. The first-order valence-electron chi connectivity index (χ1n) is 8.67. The van der Waals surface area contributed by atoms with Crippen LogP contribution in [0.5, 0.6) is 11.5 Å². The van der Waals surface area contributed by atoms with Crippen LogP contribution in [0, 0.1) is 0 Å². The number of thioether (sulfide) groups is 1. The number of nitrogens with zero attached hydrogens (tertiary/aromatic N) is 1. The summed E-state index contributed by atoms with van der Waals surface area (Å²) in [6, 6.07) is 13.1. The molecule has 0 radical (unpaired) electrons. The van der Waals surface area contributed by atoms with E-state index in [0.29, 0.717) is 47.9 Å². The predicted molar refractivity (Wildman–Crippen MR) is 100 cm³/mol. The summed E-state index contributed by atoms with van der Waals surface area (Å²) in [7, 11) is 0. The Labute approximate surface area is 168 Å². The van der Waals surface area contributed by atoms with Crippen LogP contribution in [0.1, 0.15) is 16.1 Å². The van der Waals surface area contributed by atoms with Gasteiger partial charge in [-0.1, -0.05) is 29.1 Å². The Bertz CT molecular complexity index is 1020. The van der Waals surface area contributed by atoms with Gasteiger partial charge in [0, 0.05) is 16.5 Å². The first-order valence-corrected chi connectivity index (χ1v) is 9.55. The van der Waals surface area contributed by atoms with E-state index in [9.17, 15) is 13.6 Å². The molecule has 150 valence electrons. The minimum absolute atomic E-state index is 0.0772. The van der Waals surface area contributed by atoms with Crippen LogP contribution in [0.4, 0.5) is 8.78 Å². The fourth-order valence-electron chi connectivity index (χ4n) is 2.76. The number of aromatic nitrogens is 1. The lowest BCUT2D eigenvalue weighted by molar-refractivity contribution is 0.0460. The van der Waals surface area contributed by atoms with E-state index in [0.717, 1.165) is 5.56 Å². The van der Waals surface area contributed by atoms with E-state index in [1.54, 1.807) is 30.3 Å². The Balaban J connectivity index is 1.43. The van der Waals surface area contributed by atoms with Gasteiger partial charge < -0.3 is 18.7 Å². The number of benzene rings is 2. The minimum Gasteiger partial charge on any atom is -0.486 e. The van der Waals surface area contributed by atoms with Gasteiger partial charge in [-0.05, 0) is 30.3 Å². The maximum Gasteiger partial charge on any atom is 0.339 e. The standard InChI is InChI=1S/C20H15F2NO5S/c21-20(22)29-18-4-2-1-3-14(18)19(24)27-11-13-10-16(28-23-13)12-5-6-15-17(9-12)26-8-7-25-15/h1-6,9-10,20H,7-8,11H2. The summed E-state index contributed by atoms with van der Waals surface area (Å²) in [6.07, 6.45) is 0. The van der Waals surface area contributed by atoms with Crippen LogP contribution in [-0.4, -0.2) is 30.1 Å². The molecule has 0 N–H and O–H groups in total. The van der Waals surface area contributed by atoms with Crippen LogP contribution in [0.3, 0.4) is 0 Å². The fourth-order valence-corrected chi connectivity index (χ4v) is 3.39. The Morgan fingerprint density at radius 1 is 1.10 bits per heavy atom. The highest BCUT2D eigenvalue weighted by Crippen LogP contribution is 2.35. The summed E-state index contributed by atoms with van der Waals surface area (Å²) >= 11 is 0.297. The molecule has 6 nitrogen and oxygen atoms in total. The van der Waals surface area contributed by atoms with E-state index in [4.69, 9.17) is 18.7 Å². The molecule has 1 aliphatic rings. The number of carbonyl (C=O) groups excluding carboxylic acids is 1. The van der Waals surface area contributed by atoms with Crippen molar-refractivity contribution in [3.63, 3.8) is 0 Å². The Kier molecular flexibility index (Phi) is 5.66.